The van der Waals surface area contributed by atoms with E-state index < -0.39 is 12.3 Å². The van der Waals surface area contributed by atoms with Crippen molar-refractivity contribution in [3.8, 4) is 0 Å². The van der Waals surface area contributed by atoms with Gasteiger partial charge in [0, 0.05) is 19.5 Å². The molecule has 0 aromatic rings. The molecule has 0 bridgehead atoms. The van der Waals surface area contributed by atoms with E-state index in [-0.39, 0.29) is 19.1 Å². The van der Waals surface area contributed by atoms with E-state index in [1.165, 1.54) is 6.92 Å². The monoisotopic (exact) mass is 424 g/mol. The number of carbonyl (C=O) groups excluding carboxylic acids is 1. The maximum absolute atomic E-state index is 13.7. The minimum atomic E-state index is -1.24. The largest absolute Gasteiger partial charge is 0.378 e. The van der Waals surface area contributed by atoms with Gasteiger partial charge in [0.25, 0.3) is 0 Å². The molecule has 1 amide bonds. The Hall–Kier alpha value is -0.840. The molecule has 9 heteroatoms. The first kappa shape index (κ1) is 28.2. The molecule has 29 heavy (non-hydrogen) atoms. The fraction of sp³-hybridized carbons (Fsp3) is 0.950. The van der Waals surface area contributed by atoms with E-state index in [0.29, 0.717) is 58.9 Å². The number of hydrogen-bond donors (Lipinski definition) is 2. The number of hydrogen-bond acceptors (Lipinski definition) is 7. The molecule has 2 N–H and O–H groups in total. The first-order valence-corrected chi connectivity index (χ1v) is 10.5. The molecule has 0 rings (SSSR count). The zero-order valence-corrected chi connectivity index (χ0v) is 18.5. The van der Waals surface area contributed by atoms with E-state index >= 15 is 0 Å². The number of rotatable bonds is 21. The predicted octanol–water partition coefficient (Wildman–Crippen LogP) is 1.32. The Morgan fingerprint density at radius 1 is 0.862 bits per heavy atom. The van der Waals surface area contributed by atoms with Gasteiger partial charge in [-0.25, -0.2) is 4.39 Å². The lowest BCUT2D eigenvalue weighted by atomic mass is 10.2. The molecule has 0 aliphatic rings. The number of alkyl halides is 1. The molecule has 0 aliphatic carbocycles. The van der Waals surface area contributed by atoms with Crippen molar-refractivity contribution >= 4 is 5.91 Å². The highest BCUT2D eigenvalue weighted by Gasteiger charge is 2.16. The zero-order valence-electron chi connectivity index (χ0n) is 18.5. The van der Waals surface area contributed by atoms with E-state index in [0.717, 1.165) is 13.0 Å². The second-order valence-corrected chi connectivity index (χ2v) is 6.74. The maximum Gasteiger partial charge on any atom is 0.216 e. The van der Waals surface area contributed by atoms with Crippen molar-refractivity contribution in [2.45, 2.75) is 52.4 Å². The van der Waals surface area contributed by atoms with Gasteiger partial charge in [0.1, 0.15) is 6.17 Å². The third kappa shape index (κ3) is 20.2. The Bertz CT molecular complexity index is 379. The first-order chi connectivity index (χ1) is 14.0. The Balaban J connectivity index is 3.23. The quantitative estimate of drug-likeness (QED) is 0.269. The summed E-state index contributed by atoms with van der Waals surface area (Å²) in [7, 11) is 0. The molecule has 3 atom stereocenters. The van der Waals surface area contributed by atoms with Gasteiger partial charge in [-0.05, 0) is 20.3 Å². The van der Waals surface area contributed by atoms with Gasteiger partial charge in [0.15, 0.2) is 0 Å². The van der Waals surface area contributed by atoms with E-state index in [4.69, 9.17) is 23.7 Å². The van der Waals surface area contributed by atoms with Crippen LogP contribution in [0.5, 0.6) is 0 Å². The Kier molecular flexibility index (Phi) is 19.8. The van der Waals surface area contributed by atoms with Crippen molar-refractivity contribution in [3.63, 3.8) is 0 Å². The second-order valence-electron chi connectivity index (χ2n) is 6.74. The molecule has 0 saturated heterocycles. The summed E-state index contributed by atoms with van der Waals surface area (Å²) in [5.74, 6) is -0.257. The molecule has 3 unspecified atom stereocenters. The third-order valence-electron chi connectivity index (χ3n) is 4.13. The molecule has 0 aromatic heterocycles. The lowest BCUT2D eigenvalue weighted by Crippen LogP contribution is -2.35. The van der Waals surface area contributed by atoms with Gasteiger partial charge in [0.2, 0.25) is 5.91 Å². The van der Waals surface area contributed by atoms with E-state index in [9.17, 15) is 9.18 Å². The van der Waals surface area contributed by atoms with Crippen LogP contribution in [-0.2, 0) is 28.5 Å². The number of amides is 1. The summed E-state index contributed by atoms with van der Waals surface area (Å²) in [6.07, 6.45) is -0.727. The normalized spacial score (nSPS) is 14.5. The smallest absolute Gasteiger partial charge is 0.216 e. The van der Waals surface area contributed by atoms with Crippen molar-refractivity contribution in [3.05, 3.63) is 0 Å². The minimum Gasteiger partial charge on any atom is -0.378 e. The lowest BCUT2D eigenvalue weighted by Gasteiger charge is -2.17. The number of carbonyl (C=O) groups is 1. The van der Waals surface area contributed by atoms with Crippen LogP contribution in [0.4, 0.5) is 4.39 Å². The molecule has 0 radical (unpaired) electrons. The number of ether oxygens (including phenoxy) is 5. The zero-order chi connectivity index (χ0) is 21.7. The maximum atomic E-state index is 13.7. The summed E-state index contributed by atoms with van der Waals surface area (Å²) >= 11 is 0. The van der Waals surface area contributed by atoms with Crippen LogP contribution < -0.4 is 10.6 Å². The molecule has 8 nitrogen and oxygen atoms in total. The van der Waals surface area contributed by atoms with E-state index in [2.05, 4.69) is 24.5 Å². The second kappa shape index (κ2) is 20.4. The first-order valence-electron chi connectivity index (χ1n) is 10.5. The summed E-state index contributed by atoms with van der Waals surface area (Å²) in [5, 5.41) is 5.78. The van der Waals surface area contributed by atoms with Gasteiger partial charge in [-0.3, -0.25) is 4.79 Å². The highest BCUT2D eigenvalue weighted by atomic mass is 19.1. The summed E-state index contributed by atoms with van der Waals surface area (Å²) in [5.41, 5.74) is 0. The highest BCUT2D eigenvalue weighted by molar-refractivity contribution is 5.72. The Labute approximate surface area is 175 Å². The van der Waals surface area contributed by atoms with Gasteiger partial charge in [0.05, 0.1) is 72.1 Å². The van der Waals surface area contributed by atoms with Crippen molar-refractivity contribution < 1.29 is 32.9 Å². The van der Waals surface area contributed by atoms with Crippen LogP contribution in [-0.4, -0.2) is 96.8 Å². The van der Waals surface area contributed by atoms with Crippen LogP contribution in [0, 0.1) is 0 Å². The van der Waals surface area contributed by atoms with Gasteiger partial charge in [-0.15, -0.1) is 0 Å². The van der Waals surface area contributed by atoms with Crippen molar-refractivity contribution in [2.75, 3.05) is 72.6 Å². The fourth-order valence-electron chi connectivity index (χ4n) is 2.09. The van der Waals surface area contributed by atoms with Crippen LogP contribution >= 0.6 is 0 Å². The van der Waals surface area contributed by atoms with Crippen molar-refractivity contribution in [2.24, 2.45) is 0 Å². The summed E-state index contributed by atoms with van der Waals surface area (Å²) in [6, 6.07) is 0.524. The Morgan fingerprint density at radius 3 is 1.83 bits per heavy atom. The molecule has 0 fully saturated rings. The van der Waals surface area contributed by atoms with Crippen LogP contribution in [0.25, 0.3) is 0 Å². The summed E-state index contributed by atoms with van der Waals surface area (Å²) in [4.78, 5) is 10.7. The number of halogens is 1. The predicted molar refractivity (Wildman–Crippen MR) is 110 cm³/mol. The Morgan fingerprint density at radius 2 is 1.34 bits per heavy atom. The fourth-order valence-corrected chi connectivity index (χ4v) is 2.09. The molecule has 0 aromatic carbocycles. The van der Waals surface area contributed by atoms with Crippen LogP contribution in [0.15, 0.2) is 0 Å². The summed E-state index contributed by atoms with van der Waals surface area (Å²) in [6.45, 7) is 12.5. The average molecular weight is 425 g/mol. The SMILES string of the molecule is CCC(C)NCCOCCOCCOCCOCCOC(C)C(F)CNC(C)=O. The molecule has 0 spiro atoms. The van der Waals surface area contributed by atoms with Gasteiger partial charge in [-0.2, -0.15) is 0 Å². The average Bonchev–Trinajstić information content (AvgIpc) is 2.70. The highest BCUT2D eigenvalue weighted by Crippen LogP contribution is 2.02. The topological polar surface area (TPSA) is 87.3 Å². The van der Waals surface area contributed by atoms with Crippen LogP contribution in [0.3, 0.4) is 0 Å². The van der Waals surface area contributed by atoms with Gasteiger partial charge in [-0.1, -0.05) is 6.92 Å². The molecule has 0 heterocycles. The van der Waals surface area contributed by atoms with Crippen molar-refractivity contribution in [1.82, 2.24) is 10.6 Å². The van der Waals surface area contributed by atoms with Gasteiger partial charge >= 0.3 is 0 Å². The van der Waals surface area contributed by atoms with Crippen LogP contribution in [0.1, 0.15) is 34.1 Å². The van der Waals surface area contributed by atoms with E-state index in [1.54, 1.807) is 6.92 Å². The molecular formula is C20H41FN2O6. The third-order valence-corrected chi connectivity index (χ3v) is 4.13. The minimum absolute atomic E-state index is 0.0468. The molecule has 0 aliphatic heterocycles. The summed E-state index contributed by atoms with van der Waals surface area (Å²) < 4.78 is 40.6. The van der Waals surface area contributed by atoms with Crippen LogP contribution in [0.2, 0.25) is 0 Å². The van der Waals surface area contributed by atoms with Gasteiger partial charge < -0.3 is 34.3 Å². The standard InChI is InChI=1S/C20H41FN2O6/c1-5-17(2)22-6-7-25-8-9-26-10-11-27-12-13-28-14-15-29-18(3)20(21)16-23-19(4)24/h17-18,20,22H,5-16H2,1-4H3,(H,23,24). The molecule has 0 saturated carbocycles. The van der Waals surface area contributed by atoms with E-state index in [1.807, 2.05) is 0 Å². The molecule has 174 valence electrons. The number of nitrogens with one attached hydrogen (secondary N) is 2. The van der Waals surface area contributed by atoms with Crippen molar-refractivity contribution in [1.29, 1.82) is 0 Å². The lowest BCUT2D eigenvalue weighted by molar-refractivity contribution is -0.119. The molecular weight excluding hydrogens is 383 g/mol.